The van der Waals surface area contributed by atoms with E-state index in [9.17, 15) is 0 Å². The molecule has 1 rings (SSSR count). The van der Waals surface area contributed by atoms with Crippen molar-refractivity contribution in [2.75, 3.05) is 12.5 Å². The molecule has 54 valence electrons. The molecule has 1 aliphatic heterocycles. The van der Waals surface area contributed by atoms with Gasteiger partial charge in [-0.1, -0.05) is 0 Å². The van der Waals surface area contributed by atoms with Crippen LogP contribution in [0.2, 0.25) is 0 Å². The van der Waals surface area contributed by atoms with Crippen molar-refractivity contribution in [3.63, 3.8) is 0 Å². The molecule has 0 bridgehead atoms. The summed E-state index contributed by atoms with van der Waals surface area (Å²) in [4.78, 5) is 0. The monoisotopic (exact) mass is 150 g/mol. The lowest BCUT2D eigenvalue weighted by Gasteiger charge is -2.15. The number of ether oxygens (including phenoxy) is 2. The van der Waals surface area contributed by atoms with Crippen LogP contribution in [0.4, 0.5) is 0 Å². The van der Waals surface area contributed by atoms with Crippen molar-refractivity contribution in [1.29, 1.82) is 0 Å². The fourth-order valence-corrected chi connectivity index (χ4v) is 0.991. The van der Waals surface area contributed by atoms with E-state index >= 15 is 0 Å². The van der Waals surface area contributed by atoms with Gasteiger partial charge in [-0.25, -0.2) is 0 Å². The minimum Gasteiger partial charge on any atom is -0.348 e. The SMILES string of the molecule is CC1(C)OCC(CCl)O1. The molecule has 1 atom stereocenters. The molecule has 0 N–H and O–H groups in total. The second-order valence-corrected chi connectivity index (χ2v) is 2.91. The molecule has 0 radical (unpaired) electrons. The van der Waals surface area contributed by atoms with Crippen LogP contribution in [0.25, 0.3) is 0 Å². The van der Waals surface area contributed by atoms with Gasteiger partial charge in [-0.2, -0.15) is 0 Å². The van der Waals surface area contributed by atoms with E-state index in [-0.39, 0.29) is 6.10 Å². The Labute approximate surface area is 60.1 Å². The van der Waals surface area contributed by atoms with Crippen LogP contribution in [0, 0.1) is 0 Å². The molecule has 0 spiro atoms. The molecule has 1 heterocycles. The number of hydrogen-bond donors (Lipinski definition) is 0. The summed E-state index contributed by atoms with van der Waals surface area (Å²) in [5.74, 6) is 0.100. The minimum absolute atomic E-state index is 0.0849. The van der Waals surface area contributed by atoms with Crippen LogP contribution in [0.3, 0.4) is 0 Å². The molecule has 1 aliphatic rings. The Hall–Kier alpha value is 0.210. The summed E-state index contributed by atoms with van der Waals surface area (Å²) in [5.41, 5.74) is 0. The predicted octanol–water partition coefficient (Wildman–Crippen LogP) is 1.38. The molecule has 0 saturated carbocycles. The Balaban J connectivity index is 2.38. The molecule has 9 heavy (non-hydrogen) atoms. The van der Waals surface area contributed by atoms with E-state index in [1.807, 2.05) is 13.8 Å². The molecule has 3 heteroatoms. The Bertz CT molecular complexity index is 103. The molecule has 1 fully saturated rings. The van der Waals surface area contributed by atoms with Gasteiger partial charge in [0.1, 0.15) is 0 Å². The molecule has 0 aromatic carbocycles. The van der Waals surface area contributed by atoms with E-state index in [4.69, 9.17) is 21.1 Å². The van der Waals surface area contributed by atoms with Gasteiger partial charge >= 0.3 is 0 Å². The van der Waals surface area contributed by atoms with Crippen molar-refractivity contribution >= 4 is 11.6 Å². The molecule has 1 unspecified atom stereocenters. The van der Waals surface area contributed by atoms with Gasteiger partial charge in [0, 0.05) is 0 Å². The first-order chi connectivity index (χ1) is 4.14. The van der Waals surface area contributed by atoms with Gasteiger partial charge in [0.2, 0.25) is 0 Å². The van der Waals surface area contributed by atoms with Crippen molar-refractivity contribution in [1.82, 2.24) is 0 Å². The summed E-state index contributed by atoms with van der Waals surface area (Å²) in [7, 11) is 0. The first kappa shape index (κ1) is 7.32. The highest BCUT2D eigenvalue weighted by Crippen LogP contribution is 2.22. The van der Waals surface area contributed by atoms with Crippen molar-refractivity contribution < 1.29 is 9.47 Å². The maximum Gasteiger partial charge on any atom is 0.163 e. The normalized spacial score (nSPS) is 33.0. The smallest absolute Gasteiger partial charge is 0.163 e. The quantitative estimate of drug-likeness (QED) is 0.526. The zero-order valence-electron chi connectivity index (χ0n) is 5.69. The van der Waals surface area contributed by atoms with Crippen molar-refractivity contribution in [3.05, 3.63) is 0 Å². The number of alkyl halides is 1. The lowest BCUT2D eigenvalue weighted by Crippen LogP contribution is -2.21. The zero-order chi connectivity index (χ0) is 6.91. The highest BCUT2D eigenvalue weighted by molar-refractivity contribution is 6.18. The van der Waals surface area contributed by atoms with E-state index in [1.165, 1.54) is 0 Å². The summed E-state index contributed by atoms with van der Waals surface area (Å²) in [6, 6.07) is 0. The van der Waals surface area contributed by atoms with Crippen LogP contribution in [0.1, 0.15) is 13.8 Å². The molecular formula is C6H11ClO2. The topological polar surface area (TPSA) is 18.5 Å². The third-order valence-corrected chi connectivity index (χ3v) is 1.58. The van der Waals surface area contributed by atoms with Gasteiger partial charge in [0.25, 0.3) is 0 Å². The second-order valence-electron chi connectivity index (χ2n) is 2.60. The Morgan fingerprint density at radius 1 is 1.67 bits per heavy atom. The molecule has 0 aromatic heterocycles. The first-order valence-electron chi connectivity index (χ1n) is 3.02. The average Bonchev–Trinajstić information content (AvgIpc) is 2.10. The Morgan fingerprint density at radius 2 is 2.33 bits per heavy atom. The molecule has 0 aliphatic carbocycles. The number of halogens is 1. The number of hydrogen-bond acceptors (Lipinski definition) is 2. The van der Waals surface area contributed by atoms with Crippen LogP contribution >= 0.6 is 11.6 Å². The Morgan fingerprint density at radius 3 is 2.56 bits per heavy atom. The van der Waals surface area contributed by atoms with Crippen molar-refractivity contribution in [3.8, 4) is 0 Å². The maximum absolute atomic E-state index is 5.53. The fraction of sp³-hybridized carbons (Fsp3) is 1.00. The van der Waals surface area contributed by atoms with Gasteiger partial charge < -0.3 is 9.47 Å². The average molecular weight is 151 g/mol. The summed E-state index contributed by atoms with van der Waals surface area (Å²) in [5, 5.41) is 0. The van der Waals surface area contributed by atoms with Crippen LogP contribution in [-0.4, -0.2) is 24.4 Å². The highest BCUT2D eigenvalue weighted by Gasteiger charge is 2.31. The zero-order valence-corrected chi connectivity index (χ0v) is 6.44. The van der Waals surface area contributed by atoms with Gasteiger partial charge in [0.05, 0.1) is 18.6 Å². The molecule has 2 nitrogen and oxygen atoms in total. The standard InChI is InChI=1S/C6H11ClO2/c1-6(2)8-4-5(3-7)9-6/h5H,3-4H2,1-2H3. The van der Waals surface area contributed by atoms with Crippen LogP contribution in [0.5, 0.6) is 0 Å². The van der Waals surface area contributed by atoms with Gasteiger partial charge in [-0.05, 0) is 13.8 Å². The third-order valence-electron chi connectivity index (χ3n) is 1.24. The van der Waals surface area contributed by atoms with Crippen molar-refractivity contribution in [2.45, 2.75) is 25.7 Å². The lowest BCUT2D eigenvalue weighted by molar-refractivity contribution is -0.135. The van der Waals surface area contributed by atoms with Gasteiger partial charge in [-0.15, -0.1) is 11.6 Å². The van der Waals surface area contributed by atoms with E-state index in [0.717, 1.165) is 0 Å². The first-order valence-corrected chi connectivity index (χ1v) is 3.55. The van der Waals surface area contributed by atoms with Crippen LogP contribution in [0.15, 0.2) is 0 Å². The molecule has 1 saturated heterocycles. The molecular weight excluding hydrogens is 140 g/mol. The summed E-state index contributed by atoms with van der Waals surface area (Å²) in [6.07, 6.45) is 0.0849. The van der Waals surface area contributed by atoms with Crippen LogP contribution in [-0.2, 0) is 9.47 Å². The predicted molar refractivity (Wildman–Crippen MR) is 35.6 cm³/mol. The maximum atomic E-state index is 5.53. The van der Waals surface area contributed by atoms with E-state index in [1.54, 1.807) is 0 Å². The third kappa shape index (κ3) is 1.81. The summed E-state index contributed by atoms with van der Waals surface area (Å²) >= 11 is 5.53. The minimum atomic E-state index is -0.417. The number of rotatable bonds is 1. The van der Waals surface area contributed by atoms with E-state index < -0.39 is 5.79 Å². The van der Waals surface area contributed by atoms with Gasteiger partial charge in [0.15, 0.2) is 5.79 Å². The Kier molecular flexibility index (Phi) is 1.99. The largest absolute Gasteiger partial charge is 0.348 e. The summed E-state index contributed by atoms with van der Waals surface area (Å²) < 4.78 is 10.6. The second kappa shape index (κ2) is 2.45. The molecule has 0 amide bonds. The van der Waals surface area contributed by atoms with E-state index in [0.29, 0.717) is 12.5 Å². The fourth-order valence-electron chi connectivity index (χ4n) is 0.839. The lowest BCUT2D eigenvalue weighted by atomic mass is 10.4. The van der Waals surface area contributed by atoms with Crippen LogP contribution < -0.4 is 0 Å². The summed E-state index contributed by atoms with van der Waals surface area (Å²) in [6.45, 7) is 4.40. The van der Waals surface area contributed by atoms with E-state index in [2.05, 4.69) is 0 Å². The van der Waals surface area contributed by atoms with Crippen molar-refractivity contribution in [2.24, 2.45) is 0 Å². The highest BCUT2D eigenvalue weighted by atomic mass is 35.5. The van der Waals surface area contributed by atoms with Gasteiger partial charge in [-0.3, -0.25) is 0 Å². The molecule has 0 aromatic rings.